The van der Waals surface area contributed by atoms with E-state index in [9.17, 15) is 9.90 Å². The number of hydrogen-bond acceptors (Lipinski definition) is 5. The number of nitrogen functional groups attached to an aromatic ring is 1. The summed E-state index contributed by atoms with van der Waals surface area (Å²) in [6.45, 7) is 3.60. The van der Waals surface area contributed by atoms with E-state index >= 15 is 0 Å². The van der Waals surface area contributed by atoms with E-state index in [4.69, 9.17) is 10.8 Å². The van der Waals surface area contributed by atoms with Crippen LogP contribution in [-0.2, 0) is 0 Å². The molecule has 1 aromatic carbocycles. The van der Waals surface area contributed by atoms with E-state index in [1.807, 2.05) is 0 Å². The number of nitrogens with two attached hydrogens (primary N) is 1. The summed E-state index contributed by atoms with van der Waals surface area (Å²) >= 11 is 0. The van der Waals surface area contributed by atoms with Gasteiger partial charge in [0, 0.05) is 26.2 Å². The van der Waals surface area contributed by atoms with E-state index in [1.54, 1.807) is 23.1 Å². The maximum Gasteiger partial charge on any atom is 0.257 e. The molecule has 1 amide bonds. The Morgan fingerprint density at radius 3 is 2.80 bits per heavy atom. The lowest BCUT2D eigenvalue weighted by Gasteiger charge is -2.22. The predicted molar refractivity (Wildman–Crippen MR) is 76.6 cm³/mol. The normalized spacial score (nSPS) is 16.9. The molecule has 0 aromatic heterocycles. The first-order chi connectivity index (χ1) is 9.63. The molecule has 0 radical (unpaired) electrons. The van der Waals surface area contributed by atoms with E-state index in [0.717, 1.165) is 19.5 Å². The zero-order valence-corrected chi connectivity index (χ0v) is 11.5. The number of nitrogens with zero attached hydrogens (tertiary/aromatic N) is 2. The van der Waals surface area contributed by atoms with Crippen molar-refractivity contribution in [2.24, 2.45) is 0 Å². The first kappa shape index (κ1) is 14.6. The Balaban J connectivity index is 2.07. The van der Waals surface area contributed by atoms with Gasteiger partial charge in [-0.05, 0) is 25.1 Å². The van der Waals surface area contributed by atoms with E-state index < -0.39 is 0 Å². The van der Waals surface area contributed by atoms with Crippen LogP contribution in [0.25, 0.3) is 0 Å². The van der Waals surface area contributed by atoms with Crippen LogP contribution in [0.3, 0.4) is 0 Å². The van der Waals surface area contributed by atoms with Gasteiger partial charge in [0.1, 0.15) is 0 Å². The molecule has 1 fully saturated rings. The summed E-state index contributed by atoms with van der Waals surface area (Å²) in [4.78, 5) is 16.3. The van der Waals surface area contributed by atoms with Crippen LogP contribution in [0.2, 0.25) is 0 Å². The number of carbonyl (C=O) groups excluding carboxylic acids is 1. The Kier molecular flexibility index (Phi) is 4.81. The Labute approximate surface area is 118 Å². The summed E-state index contributed by atoms with van der Waals surface area (Å²) in [5.41, 5.74) is 6.09. The topological polar surface area (TPSA) is 90.0 Å². The highest BCUT2D eigenvalue weighted by atomic mass is 16.3. The van der Waals surface area contributed by atoms with E-state index in [1.165, 1.54) is 0 Å². The van der Waals surface area contributed by atoms with Crippen molar-refractivity contribution in [3.05, 3.63) is 23.8 Å². The number of benzene rings is 1. The van der Waals surface area contributed by atoms with E-state index in [-0.39, 0.29) is 29.5 Å². The van der Waals surface area contributed by atoms with Gasteiger partial charge in [0.05, 0.1) is 17.9 Å². The molecule has 0 saturated carbocycles. The number of carbonyl (C=O) groups is 1. The molecule has 0 unspecified atom stereocenters. The summed E-state index contributed by atoms with van der Waals surface area (Å²) in [6.07, 6.45) is 0.856. The van der Waals surface area contributed by atoms with Crippen LogP contribution in [0.15, 0.2) is 18.2 Å². The average Bonchev–Trinajstić information content (AvgIpc) is 2.67. The minimum Gasteiger partial charge on any atom is -0.505 e. The van der Waals surface area contributed by atoms with E-state index in [0.29, 0.717) is 19.6 Å². The van der Waals surface area contributed by atoms with Crippen LogP contribution < -0.4 is 5.73 Å². The molecular formula is C14H21N3O3. The van der Waals surface area contributed by atoms with Crippen molar-refractivity contribution in [2.75, 3.05) is 45.1 Å². The van der Waals surface area contributed by atoms with Gasteiger partial charge in [-0.15, -0.1) is 0 Å². The Hall–Kier alpha value is -1.79. The van der Waals surface area contributed by atoms with E-state index in [2.05, 4.69) is 4.90 Å². The summed E-state index contributed by atoms with van der Waals surface area (Å²) < 4.78 is 0. The number of anilines is 1. The molecule has 1 saturated heterocycles. The van der Waals surface area contributed by atoms with Crippen molar-refractivity contribution in [1.82, 2.24) is 9.80 Å². The monoisotopic (exact) mass is 279 g/mol. The second-order valence-electron chi connectivity index (χ2n) is 4.95. The van der Waals surface area contributed by atoms with Gasteiger partial charge in [0.2, 0.25) is 0 Å². The minimum atomic E-state index is -0.194. The fourth-order valence-corrected chi connectivity index (χ4v) is 2.44. The van der Waals surface area contributed by atoms with Gasteiger partial charge in [-0.3, -0.25) is 9.69 Å². The maximum absolute atomic E-state index is 12.4. The number of hydrogen-bond donors (Lipinski definition) is 3. The predicted octanol–water partition coefficient (Wildman–Crippen LogP) is 0.115. The molecule has 0 aliphatic carbocycles. The Bertz CT molecular complexity index is 479. The molecule has 1 aliphatic rings. The zero-order valence-electron chi connectivity index (χ0n) is 11.5. The van der Waals surface area contributed by atoms with Crippen molar-refractivity contribution < 1.29 is 15.0 Å². The molecule has 20 heavy (non-hydrogen) atoms. The molecule has 6 nitrogen and oxygen atoms in total. The molecule has 0 atom stereocenters. The van der Waals surface area contributed by atoms with Crippen molar-refractivity contribution in [1.29, 1.82) is 0 Å². The van der Waals surface area contributed by atoms with Crippen molar-refractivity contribution in [3.8, 4) is 5.75 Å². The van der Waals surface area contributed by atoms with Gasteiger partial charge in [-0.25, -0.2) is 0 Å². The number of phenols is 1. The van der Waals surface area contributed by atoms with Crippen LogP contribution in [0, 0.1) is 0 Å². The molecule has 110 valence electrons. The molecule has 2 rings (SSSR count). The molecule has 1 aliphatic heterocycles. The fraction of sp³-hybridized carbons (Fsp3) is 0.500. The van der Waals surface area contributed by atoms with Gasteiger partial charge in [0.15, 0.2) is 5.75 Å². The minimum absolute atomic E-state index is 0.129. The highest BCUT2D eigenvalue weighted by molar-refractivity contribution is 5.98. The first-order valence-corrected chi connectivity index (χ1v) is 6.83. The molecule has 0 bridgehead atoms. The third-order valence-corrected chi connectivity index (χ3v) is 3.59. The third kappa shape index (κ3) is 3.20. The highest BCUT2D eigenvalue weighted by Crippen LogP contribution is 2.25. The second-order valence-corrected chi connectivity index (χ2v) is 4.95. The molecule has 1 aromatic rings. The summed E-state index contributed by atoms with van der Waals surface area (Å²) in [5, 5.41) is 18.9. The number of aromatic hydroxyl groups is 1. The SMILES string of the molecule is Nc1cccc(C(=O)N2CCCN(CCO)CC2)c1O. The lowest BCUT2D eigenvalue weighted by atomic mass is 10.1. The molecule has 1 heterocycles. The lowest BCUT2D eigenvalue weighted by molar-refractivity contribution is 0.0757. The first-order valence-electron chi connectivity index (χ1n) is 6.83. The van der Waals surface area contributed by atoms with Crippen LogP contribution in [-0.4, -0.2) is 65.3 Å². The Morgan fingerprint density at radius 1 is 1.25 bits per heavy atom. The van der Waals surface area contributed by atoms with Crippen molar-refractivity contribution >= 4 is 11.6 Å². The molecular weight excluding hydrogens is 258 g/mol. The second kappa shape index (κ2) is 6.58. The zero-order chi connectivity index (χ0) is 14.5. The fourth-order valence-electron chi connectivity index (χ4n) is 2.44. The van der Waals surface area contributed by atoms with Gasteiger partial charge in [-0.2, -0.15) is 0 Å². The van der Waals surface area contributed by atoms with Gasteiger partial charge >= 0.3 is 0 Å². The maximum atomic E-state index is 12.4. The number of phenolic OH excluding ortho intramolecular Hbond substituents is 1. The molecule has 4 N–H and O–H groups in total. The third-order valence-electron chi connectivity index (χ3n) is 3.59. The number of para-hydroxylation sites is 1. The Morgan fingerprint density at radius 2 is 2.05 bits per heavy atom. The number of rotatable bonds is 3. The number of aliphatic hydroxyl groups excluding tert-OH is 1. The van der Waals surface area contributed by atoms with Crippen LogP contribution in [0.1, 0.15) is 16.8 Å². The number of amides is 1. The van der Waals surface area contributed by atoms with Gasteiger partial charge < -0.3 is 20.8 Å². The quantitative estimate of drug-likeness (QED) is 0.540. The van der Waals surface area contributed by atoms with Gasteiger partial charge in [0.25, 0.3) is 5.91 Å². The van der Waals surface area contributed by atoms with Crippen molar-refractivity contribution in [2.45, 2.75) is 6.42 Å². The summed E-state index contributed by atoms with van der Waals surface area (Å²) in [6, 6.07) is 4.82. The number of β-amino-alcohol motifs (C(OH)–C–C–N with tert-alkyl or cyclic N) is 1. The largest absolute Gasteiger partial charge is 0.505 e. The van der Waals surface area contributed by atoms with Crippen molar-refractivity contribution in [3.63, 3.8) is 0 Å². The summed E-state index contributed by atoms with van der Waals surface area (Å²) in [7, 11) is 0. The lowest BCUT2D eigenvalue weighted by Crippen LogP contribution is -2.36. The smallest absolute Gasteiger partial charge is 0.257 e. The average molecular weight is 279 g/mol. The molecule has 6 heteroatoms. The van der Waals surface area contributed by atoms with Crippen LogP contribution in [0.4, 0.5) is 5.69 Å². The highest BCUT2D eigenvalue weighted by Gasteiger charge is 2.22. The molecule has 0 spiro atoms. The van der Waals surface area contributed by atoms with Crippen LogP contribution >= 0.6 is 0 Å². The number of aliphatic hydroxyl groups is 1. The standard InChI is InChI=1S/C14H21N3O3/c15-12-4-1-3-11(13(12)19)14(20)17-6-2-5-16(7-8-17)9-10-18/h1,3-4,18-19H,2,5-10,15H2. The van der Waals surface area contributed by atoms with Gasteiger partial charge in [-0.1, -0.05) is 6.07 Å². The van der Waals surface area contributed by atoms with Crippen LogP contribution in [0.5, 0.6) is 5.75 Å². The summed E-state index contributed by atoms with van der Waals surface area (Å²) in [5.74, 6) is -0.338.